The van der Waals surface area contributed by atoms with Crippen LogP contribution in [0.15, 0.2) is 30.3 Å². The molecule has 130 valence electrons. The van der Waals surface area contributed by atoms with Gasteiger partial charge in [0.2, 0.25) is 5.91 Å². The van der Waals surface area contributed by atoms with Crippen molar-refractivity contribution in [2.45, 2.75) is 13.0 Å². The Balaban J connectivity index is 1.69. The minimum absolute atomic E-state index is 0.0716. The molecule has 2 saturated heterocycles. The first kappa shape index (κ1) is 16.9. The molecule has 1 amide bonds. The summed E-state index contributed by atoms with van der Waals surface area (Å²) in [6.07, 6.45) is 0.427. The minimum atomic E-state index is -0.812. The Morgan fingerprint density at radius 1 is 1.08 bits per heavy atom. The van der Waals surface area contributed by atoms with Gasteiger partial charge in [-0.1, -0.05) is 30.3 Å². The SMILES string of the molecule is O=C(O)[C@H]1C[C@@H](C(=O)N2CCOCC2)CN(Cc2ccccc2)C1. The number of ether oxygens (including phenoxy) is 1. The molecular weight excluding hydrogens is 308 g/mol. The van der Waals surface area contributed by atoms with Gasteiger partial charge in [0.15, 0.2) is 0 Å². The van der Waals surface area contributed by atoms with Crippen LogP contribution in [0.1, 0.15) is 12.0 Å². The maximum atomic E-state index is 12.8. The largest absolute Gasteiger partial charge is 0.481 e. The molecule has 1 aromatic rings. The van der Waals surface area contributed by atoms with E-state index in [1.807, 2.05) is 35.2 Å². The van der Waals surface area contributed by atoms with Crippen LogP contribution in [0, 0.1) is 11.8 Å². The number of aliphatic carboxylic acids is 1. The fourth-order valence-electron chi connectivity index (χ4n) is 3.56. The summed E-state index contributed by atoms with van der Waals surface area (Å²) in [4.78, 5) is 28.2. The number of carbonyl (C=O) groups excluding carboxylic acids is 1. The van der Waals surface area contributed by atoms with Crippen molar-refractivity contribution in [1.82, 2.24) is 9.80 Å². The Hall–Kier alpha value is -1.92. The van der Waals surface area contributed by atoms with Gasteiger partial charge in [0.1, 0.15) is 0 Å². The second-order valence-electron chi connectivity index (χ2n) is 6.59. The van der Waals surface area contributed by atoms with Gasteiger partial charge in [0.25, 0.3) is 0 Å². The molecule has 0 bridgehead atoms. The molecule has 3 rings (SSSR count). The molecule has 0 spiro atoms. The average molecular weight is 332 g/mol. The van der Waals surface area contributed by atoms with Gasteiger partial charge in [-0.05, 0) is 12.0 Å². The van der Waals surface area contributed by atoms with Crippen molar-refractivity contribution in [3.05, 3.63) is 35.9 Å². The van der Waals surface area contributed by atoms with Crippen LogP contribution in [0.4, 0.5) is 0 Å². The summed E-state index contributed by atoms with van der Waals surface area (Å²) >= 11 is 0. The number of nitrogens with zero attached hydrogens (tertiary/aromatic N) is 2. The van der Waals surface area contributed by atoms with E-state index in [0.717, 1.165) is 5.56 Å². The fraction of sp³-hybridized carbons (Fsp3) is 0.556. The fourth-order valence-corrected chi connectivity index (χ4v) is 3.56. The highest BCUT2D eigenvalue weighted by molar-refractivity contribution is 5.80. The number of hydrogen-bond donors (Lipinski definition) is 1. The van der Waals surface area contributed by atoms with Crippen LogP contribution in [-0.4, -0.2) is 66.2 Å². The lowest BCUT2D eigenvalue weighted by Crippen LogP contribution is -2.51. The first-order valence-corrected chi connectivity index (χ1v) is 8.49. The van der Waals surface area contributed by atoms with Gasteiger partial charge in [0.05, 0.1) is 25.0 Å². The Kier molecular flexibility index (Phi) is 5.48. The molecule has 2 fully saturated rings. The van der Waals surface area contributed by atoms with Crippen molar-refractivity contribution in [2.75, 3.05) is 39.4 Å². The van der Waals surface area contributed by atoms with Gasteiger partial charge in [-0.25, -0.2) is 0 Å². The van der Waals surface area contributed by atoms with Crippen LogP contribution in [-0.2, 0) is 20.9 Å². The van der Waals surface area contributed by atoms with Crippen LogP contribution in [0.2, 0.25) is 0 Å². The summed E-state index contributed by atoms with van der Waals surface area (Å²) in [7, 11) is 0. The lowest BCUT2D eigenvalue weighted by atomic mass is 9.87. The number of rotatable bonds is 4. The van der Waals surface area contributed by atoms with Crippen molar-refractivity contribution in [2.24, 2.45) is 11.8 Å². The Morgan fingerprint density at radius 3 is 2.42 bits per heavy atom. The predicted molar refractivity (Wildman–Crippen MR) is 88.4 cm³/mol. The zero-order chi connectivity index (χ0) is 16.9. The van der Waals surface area contributed by atoms with Crippen LogP contribution in [0.25, 0.3) is 0 Å². The van der Waals surface area contributed by atoms with E-state index in [1.165, 1.54) is 0 Å². The summed E-state index contributed by atoms with van der Waals surface area (Å²) < 4.78 is 5.30. The monoisotopic (exact) mass is 332 g/mol. The molecule has 2 heterocycles. The molecule has 0 aromatic heterocycles. The molecule has 2 atom stereocenters. The van der Waals surface area contributed by atoms with Crippen LogP contribution >= 0.6 is 0 Å². The first-order valence-electron chi connectivity index (χ1n) is 8.49. The zero-order valence-corrected chi connectivity index (χ0v) is 13.8. The second kappa shape index (κ2) is 7.77. The molecule has 6 nitrogen and oxygen atoms in total. The maximum Gasteiger partial charge on any atom is 0.307 e. The molecular formula is C18H24N2O4. The van der Waals surface area contributed by atoms with E-state index in [4.69, 9.17) is 4.74 Å². The number of piperidine rings is 1. The van der Waals surface area contributed by atoms with E-state index < -0.39 is 11.9 Å². The number of carbonyl (C=O) groups is 2. The van der Waals surface area contributed by atoms with E-state index >= 15 is 0 Å². The lowest BCUT2D eigenvalue weighted by molar-refractivity contribution is -0.149. The molecule has 24 heavy (non-hydrogen) atoms. The van der Waals surface area contributed by atoms with E-state index in [-0.39, 0.29) is 11.8 Å². The van der Waals surface area contributed by atoms with E-state index in [1.54, 1.807) is 0 Å². The normalized spacial score (nSPS) is 25.4. The highest BCUT2D eigenvalue weighted by atomic mass is 16.5. The molecule has 0 unspecified atom stereocenters. The number of likely N-dealkylation sites (tertiary alicyclic amines) is 1. The standard InChI is InChI=1S/C18H24N2O4/c21-17(20-6-8-24-9-7-20)15-10-16(18(22)23)13-19(12-15)11-14-4-2-1-3-5-14/h1-5,15-16H,6-13H2,(H,22,23)/t15-,16+/m1/s1. The van der Waals surface area contributed by atoms with Crippen molar-refractivity contribution < 1.29 is 19.4 Å². The molecule has 1 aromatic carbocycles. The van der Waals surface area contributed by atoms with Gasteiger partial charge in [-0.2, -0.15) is 0 Å². The van der Waals surface area contributed by atoms with Gasteiger partial charge < -0.3 is 14.7 Å². The number of amides is 1. The Morgan fingerprint density at radius 2 is 1.75 bits per heavy atom. The van der Waals surface area contributed by atoms with Crippen molar-refractivity contribution in [3.8, 4) is 0 Å². The number of hydrogen-bond acceptors (Lipinski definition) is 4. The summed E-state index contributed by atoms with van der Waals surface area (Å²) in [5, 5.41) is 9.46. The van der Waals surface area contributed by atoms with Gasteiger partial charge in [-0.15, -0.1) is 0 Å². The molecule has 0 saturated carbocycles. The van der Waals surface area contributed by atoms with Gasteiger partial charge >= 0.3 is 5.97 Å². The van der Waals surface area contributed by atoms with Crippen LogP contribution in [0.3, 0.4) is 0 Å². The predicted octanol–water partition coefficient (Wildman–Crippen LogP) is 1.07. The summed E-state index contributed by atoms with van der Waals surface area (Å²) in [6.45, 7) is 4.13. The summed E-state index contributed by atoms with van der Waals surface area (Å²) in [5.74, 6) is -1.48. The minimum Gasteiger partial charge on any atom is -0.481 e. The van der Waals surface area contributed by atoms with E-state index in [9.17, 15) is 14.7 Å². The molecule has 2 aliphatic heterocycles. The number of carboxylic acid groups (broad SMARTS) is 1. The number of benzene rings is 1. The van der Waals surface area contributed by atoms with Crippen LogP contribution in [0.5, 0.6) is 0 Å². The summed E-state index contributed by atoms with van der Waals surface area (Å²) in [6, 6.07) is 9.98. The third-order valence-electron chi connectivity index (χ3n) is 4.80. The van der Waals surface area contributed by atoms with Gasteiger partial charge in [-0.3, -0.25) is 14.5 Å². The zero-order valence-electron chi connectivity index (χ0n) is 13.8. The third kappa shape index (κ3) is 4.13. The maximum absolute atomic E-state index is 12.8. The molecule has 1 N–H and O–H groups in total. The van der Waals surface area contributed by atoms with Crippen molar-refractivity contribution in [1.29, 1.82) is 0 Å². The second-order valence-corrected chi connectivity index (χ2v) is 6.59. The van der Waals surface area contributed by atoms with Crippen molar-refractivity contribution >= 4 is 11.9 Å². The smallest absolute Gasteiger partial charge is 0.307 e. The topological polar surface area (TPSA) is 70.1 Å². The number of carboxylic acids is 1. The molecule has 0 radical (unpaired) electrons. The molecule has 0 aliphatic carbocycles. The quantitative estimate of drug-likeness (QED) is 0.893. The molecule has 6 heteroatoms. The third-order valence-corrected chi connectivity index (χ3v) is 4.80. The number of morpholine rings is 1. The van der Waals surface area contributed by atoms with Crippen LogP contribution < -0.4 is 0 Å². The lowest BCUT2D eigenvalue weighted by Gasteiger charge is -2.38. The van der Waals surface area contributed by atoms with Crippen molar-refractivity contribution in [3.63, 3.8) is 0 Å². The molecule has 2 aliphatic rings. The summed E-state index contributed by atoms with van der Waals surface area (Å²) in [5.41, 5.74) is 1.14. The highest BCUT2D eigenvalue weighted by Crippen LogP contribution is 2.25. The Labute approximate surface area is 142 Å². The van der Waals surface area contributed by atoms with Gasteiger partial charge in [0, 0.05) is 32.7 Å². The average Bonchev–Trinajstić information content (AvgIpc) is 2.62. The van der Waals surface area contributed by atoms with E-state index in [0.29, 0.717) is 52.4 Å². The Bertz CT molecular complexity index is 572. The van der Waals surface area contributed by atoms with E-state index in [2.05, 4.69) is 4.90 Å². The highest BCUT2D eigenvalue weighted by Gasteiger charge is 2.37. The first-order chi connectivity index (χ1) is 11.6.